The van der Waals surface area contributed by atoms with Crippen molar-refractivity contribution < 1.29 is 19.1 Å². The first-order chi connectivity index (χ1) is 10.9. The summed E-state index contributed by atoms with van der Waals surface area (Å²) in [6.45, 7) is 4.00. The van der Waals surface area contributed by atoms with Gasteiger partial charge in [-0.2, -0.15) is 0 Å². The van der Waals surface area contributed by atoms with Crippen LogP contribution in [0.2, 0.25) is 5.02 Å². The molecule has 1 amide bonds. The molecule has 1 aliphatic heterocycles. The van der Waals surface area contributed by atoms with Gasteiger partial charge in [0.25, 0.3) is 0 Å². The summed E-state index contributed by atoms with van der Waals surface area (Å²) in [4.78, 5) is 23.2. The number of anilines is 1. The van der Waals surface area contributed by atoms with Crippen LogP contribution in [0.5, 0.6) is 0 Å². The molecule has 1 aromatic carbocycles. The Labute approximate surface area is 143 Å². The lowest BCUT2D eigenvalue weighted by Crippen LogP contribution is -2.51. The zero-order valence-corrected chi connectivity index (χ0v) is 14.5. The zero-order valence-electron chi connectivity index (χ0n) is 13.0. The number of nitrogens with zero attached hydrogens (tertiary/aromatic N) is 1. The summed E-state index contributed by atoms with van der Waals surface area (Å²) in [7, 11) is 1.68. The molecule has 0 spiro atoms. The van der Waals surface area contributed by atoms with E-state index in [1.54, 1.807) is 11.4 Å². The molecule has 0 bridgehead atoms. The molecule has 1 aromatic rings. The van der Waals surface area contributed by atoms with Crippen molar-refractivity contribution in [3.05, 3.63) is 29.0 Å². The zero-order chi connectivity index (χ0) is 17.6. The van der Waals surface area contributed by atoms with Crippen molar-refractivity contribution in [2.24, 2.45) is 0 Å². The molecule has 2 unspecified atom stereocenters. The van der Waals surface area contributed by atoms with Crippen molar-refractivity contribution in [1.29, 1.82) is 0 Å². The fourth-order valence-electron chi connectivity index (χ4n) is 1.85. The van der Waals surface area contributed by atoms with Crippen molar-refractivity contribution in [2.45, 2.75) is 32.4 Å². The number of likely N-dealkylation sites (N-methyl/N-ethyl adjacent to an activating group) is 1. The van der Waals surface area contributed by atoms with Crippen LogP contribution in [0.15, 0.2) is 18.2 Å². The van der Waals surface area contributed by atoms with Gasteiger partial charge in [-0.3, -0.25) is 9.59 Å². The van der Waals surface area contributed by atoms with Crippen LogP contribution >= 0.6 is 23.7 Å². The first kappa shape index (κ1) is 19.7. The SMILES string of the molecule is CC.CN1SNC(C(=O)O)CC1C(=O)Nc1ccc(F)c(Cl)c1. The molecule has 1 heterocycles. The van der Waals surface area contributed by atoms with Gasteiger partial charge in [-0.25, -0.2) is 13.4 Å². The second kappa shape index (κ2) is 9.07. The molecular weight excluding hydrogens is 345 g/mol. The Morgan fingerprint density at radius 1 is 1.48 bits per heavy atom. The molecule has 6 nitrogen and oxygen atoms in total. The van der Waals surface area contributed by atoms with Gasteiger partial charge in [0, 0.05) is 17.8 Å². The average Bonchev–Trinajstić information content (AvgIpc) is 2.53. The highest BCUT2D eigenvalue weighted by Gasteiger charge is 2.35. The second-order valence-electron chi connectivity index (χ2n) is 4.52. The van der Waals surface area contributed by atoms with Gasteiger partial charge >= 0.3 is 5.97 Å². The highest BCUT2D eigenvalue weighted by molar-refractivity contribution is 7.95. The number of halogens is 2. The maximum absolute atomic E-state index is 13.1. The van der Waals surface area contributed by atoms with E-state index >= 15 is 0 Å². The van der Waals surface area contributed by atoms with Crippen molar-refractivity contribution in [3.63, 3.8) is 0 Å². The number of carboxylic acid groups (broad SMARTS) is 1. The summed E-state index contributed by atoms with van der Waals surface area (Å²) in [5.41, 5.74) is 0.357. The summed E-state index contributed by atoms with van der Waals surface area (Å²) in [5.74, 6) is -1.96. The van der Waals surface area contributed by atoms with Gasteiger partial charge in [0.2, 0.25) is 5.91 Å². The lowest BCUT2D eigenvalue weighted by atomic mass is 10.1. The average molecular weight is 364 g/mol. The van der Waals surface area contributed by atoms with Crippen LogP contribution in [0.4, 0.5) is 10.1 Å². The Morgan fingerprint density at radius 3 is 2.70 bits per heavy atom. The van der Waals surface area contributed by atoms with Gasteiger partial charge < -0.3 is 10.4 Å². The van der Waals surface area contributed by atoms with Crippen molar-refractivity contribution in [2.75, 3.05) is 12.4 Å². The summed E-state index contributed by atoms with van der Waals surface area (Å²) < 4.78 is 17.4. The van der Waals surface area contributed by atoms with Gasteiger partial charge in [0.05, 0.1) is 5.02 Å². The molecule has 2 rings (SSSR count). The molecule has 1 saturated heterocycles. The Balaban J connectivity index is 0.00000127. The number of nitrogens with one attached hydrogen (secondary N) is 2. The number of aliphatic carboxylic acids is 1. The van der Waals surface area contributed by atoms with Crippen LogP contribution in [0.3, 0.4) is 0 Å². The minimum atomic E-state index is -1.02. The molecule has 23 heavy (non-hydrogen) atoms. The topological polar surface area (TPSA) is 81.7 Å². The quantitative estimate of drug-likeness (QED) is 0.716. The van der Waals surface area contributed by atoms with Crippen LogP contribution in [0.25, 0.3) is 0 Å². The molecule has 0 aliphatic carbocycles. The van der Waals surface area contributed by atoms with E-state index in [0.717, 1.165) is 18.2 Å². The summed E-state index contributed by atoms with van der Waals surface area (Å²) >= 11 is 6.71. The van der Waals surface area contributed by atoms with E-state index in [1.165, 1.54) is 12.1 Å². The van der Waals surface area contributed by atoms with Gasteiger partial charge in [0.15, 0.2) is 0 Å². The Kier molecular flexibility index (Phi) is 7.77. The van der Waals surface area contributed by atoms with Gasteiger partial charge in [-0.05, 0) is 31.7 Å². The number of amides is 1. The number of carboxylic acids is 1. The summed E-state index contributed by atoms with van der Waals surface area (Å²) in [5, 5.41) is 11.5. The predicted octanol–water partition coefficient (Wildman–Crippen LogP) is 2.75. The van der Waals surface area contributed by atoms with Gasteiger partial charge in [-0.15, -0.1) is 0 Å². The normalized spacial score (nSPS) is 21.1. The van der Waals surface area contributed by atoms with Crippen LogP contribution < -0.4 is 10.0 Å². The maximum atomic E-state index is 13.1. The number of carbonyl (C=O) groups is 2. The third-order valence-corrected chi connectivity index (χ3v) is 4.25. The number of hydrogen-bond acceptors (Lipinski definition) is 5. The van der Waals surface area contributed by atoms with E-state index < -0.39 is 23.9 Å². The van der Waals surface area contributed by atoms with Crippen molar-refractivity contribution in [1.82, 2.24) is 9.03 Å². The van der Waals surface area contributed by atoms with Crippen molar-refractivity contribution in [3.8, 4) is 0 Å². The van der Waals surface area contributed by atoms with E-state index in [4.69, 9.17) is 16.7 Å². The minimum absolute atomic E-state index is 0.0933. The number of hydrogen-bond donors (Lipinski definition) is 3. The van der Waals surface area contributed by atoms with Crippen LogP contribution in [0.1, 0.15) is 20.3 Å². The molecule has 128 valence electrons. The Bertz CT molecular complexity index is 576. The lowest BCUT2D eigenvalue weighted by molar-refractivity contribution is -0.139. The van der Waals surface area contributed by atoms with E-state index in [-0.39, 0.29) is 17.4 Å². The van der Waals surface area contributed by atoms with Crippen LogP contribution in [0, 0.1) is 5.82 Å². The monoisotopic (exact) mass is 363 g/mol. The standard InChI is InChI=1S/C12H13ClFN3O3S.C2H6/c1-17-10(5-9(12(19)20)16-21-17)11(18)15-6-2-3-8(14)7(13)4-6;1-2/h2-4,9-10,16H,5H2,1H3,(H,15,18)(H,19,20);1-2H3. The molecule has 0 radical (unpaired) electrons. The Morgan fingerprint density at radius 2 is 2.13 bits per heavy atom. The molecule has 0 saturated carbocycles. The van der Waals surface area contributed by atoms with E-state index in [0.29, 0.717) is 5.69 Å². The lowest BCUT2D eigenvalue weighted by Gasteiger charge is -2.33. The maximum Gasteiger partial charge on any atom is 0.321 e. The summed E-state index contributed by atoms with van der Waals surface area (Å²) in [6, 6.07) is 2.42. The molecule has 1 aliphatic rings. The first-order valence-corrected chi connectivity index (χ1v) is 8.17. The molecule has 3 N–H and O–H groups in total. The van der Waals surface area contributed by atoms with Gasteiger partial charge in [-0.1, -0.05) is 25.4 Å². The fraction of sp³-hybridized carbons (Fsp3) is 0.429. The number of carbonyl (C=O) groups excluding carboxylic acids is 1. The fourth-order valence-corrected chi connectivity index (χ4v) is 2.83. The third-order valence-electron chi connectivity index (χ3n) is 3.02. The first-order valence-electron chi connectivity index (χ1n) is 7.02. The smallest absolute Gasteiger partial charge is 0.321 e. The number of rotatable bonds is 3. The highest BCUT2D eigenvalue weighted by atomic mass is 35.5. The van der Waals surface area contributed by atoms with Crippen molar-refractivity contribution >= 4 is 41.3 Å². The van der Waals surface area contributed by atoms with E-state index in [9.17, 15) is 14.0 Å². The molecule has 2 atom stereocenters. The van der Waals surface area contributed by atoms with Crippen LogP contribution in [-0.4, -0.2) is 40.4 Å². The second-order valence-corrected chi connectivity index (χ2v) is 5.92. The summed E-state index contributed by atoms with van der Waals surface area (Å²) in [6.07, 6.45) is 0.125. The molecule has 1 fully saturated rings. The minimum Gasteiger partial charge on any atom is -0.480 e. The molecule has 9 heteroatoms. The molecular formula is C14H19ClFN3O3S. The van der Waals surface area contributed by atoms with Crippen LogP contribution in [-0.2, 0) is 9.59 Å². The third kappa shape index (κ3) is 5.35. The highest BCUT2D eigenvalue weighted by Crippen LogP contribution is 2.24. The Hall–Kier alpha value is -1.35. The van der Waals surface area contributed by atoms with Gasteiger partial charge in [0.1, 0.15) is 17.9 Å². The predicted molar refractivity (Wildman–Crippen MR) is 89.7 cm³/mol. The largest absolute Gasteiger partial charge is 0.480 e. The van der Waals surface area contributed by atoms with E-state index in [1.807, 2.05) is 13.8 Å². The van der Waals surface area contributed by atoms with E-state index in [2.05, 4.69) is 10.0 Å². The number of benzene rings is 1. The molecule has 0 aromatic heterocycles.